The van der Waals surface area contributed by atoms with Crippen LogP contribution in [0.2, 0.25) is 0 Å². The standard InChI is InChI=1S/C26H24NO4P/c28-26(22-17-10-18-30-22)32(29)25(21-15-8-3-9-16-21)27-23(19-11-4-1-5-12-19)24(31-32)20-13-6-2-7-14-20/h1-18,23-28H/t23-,24+,25-,26-,32+/m0/s1. The lowest BCUT2D eigenvalue weighted by atomic mass is 9.95. The predicted molar refractivity (Wildman–Crippen MR) is 123 cm³/mol. The van der Waals surface area contributed by atoms with Crippen molar-refractivity contribution in [3.8, 4) is 0 Å². The first-order valence-corrected chi connectivity index (χ1v) is 12.3. The normalized spacial score (nSPS) is 26.5. The molecule has 1 fully saturated rings. The Morgan fingerprint density at radius 1 is 0.750 bits per heavy atom. The van der Waals surface area contributed by atoms with E-state index < -0.39 is 25.1 Å². The SMILES string of the molecule is O=[P@@]1([C@H](O)c2ccco2)O[C@H](c2ccccc2)[C@H](c2ccccc2)N[C@@H]1c1ccccc1. The van der Waals surface area contributed by atoms with Gasteiger partial charge < -0.3 is 14.0 Å². The molecule has 3 aromatic carbocycles. The van der Waals surface area contributed by atoms with E-state index in [0.717, 1.165) is 16.7 Å². The van der Waals surface area contributed by atoms with E-state index in [0.29, 0.717) is 0 Å². The number of aliphatic hydroxyl groups is 1. The summed E-state index contributed by atoms with van der Waals surface area (Å²) in [4.78, 5) is 0. The second-order valence-corrected chi connectivity index (χ2v) is 10.3. The fourth-order valence-corrected chi connectivity index (χ4v) is 6.82. The van der Waals surface area contributed by atoms with E-state index in [1.165, 1.54) is 6.26 Å². The summed E-state index contributed by atoms with van der Waals surface area (Å²) >= 11 is 0. The van der Waals surface area contributed by atoms with Crippen LogP contribution in [-0.4, -0.2) is 5.11 Å². The Labute approximate surface area is 187 Å². The zero-order chi connectivity index (χ0) is 22.0. The fraction of sp³-hybridized carbons (Fsp3) is 0.154. The molecule has 0 radical (unpaired) electrons. The van der Waals surface area contributed by atoms with Crippen molar-refractivity contribution in [1.82, 2.24) is 5.32 Å². The van der Waals surface area contributed by atoms with Gasteiger partial charge in [-0.3, -0.25) is 9.88 Å². The summed E-state index contributed by atoms with van der Waals surface area (Å²) in [7, 11) is -3.75. The molecular weight excluding hydrogens is 421 g/mol. The molecule has 1 saturated heterocycles. The van der Waals surface area contributed by atoms with Crippen LogP contribution in [0.15, 0.2) is 114 Å². The van der Waals surface area contributed by atoms with Crippen LogP contribution in [0.1, 0.15) is 46.2 Å². The minimum absolute atomic E-state index is 0.223. The second kappa shape index (κ2) is 8.89. The molecule has 0 aliphatic carbocycles. The molecule has 5 atom stereocenters. The van der Waals surface area contributed by atoms with Crippen LogP contribution in [-0.2, 0) is 9.09 Å². The van der Waals surface area contributed by atoms with Gasteiger partial charge in [0, 0.05) is 0 Å². The number of hydrogen-bond acceptors (Lipinski definition) is 5. The van der Waals surface area contributed by atoms with Crippen molar-refractivity contribution in [2.24, 2.45) is 0 Å². The fourth-order valence-electron chi connectivity index (χ4n) is 4.24. The molecule has 0 spiro atoms. The molecule has 5 rings (SSSR count). The van der Waals surface area contributed by atoms with Crippen LogP contribution >= 0.6 is 7.37 Å². The summed E-state index contributed by atoms with van der Waals surface area (Å²) in [5.41, 5.74) is 2.68. The molecule has 162 valence electrons. The molecule has 32 heavy (non-hydrogen) atoms. The molecule has 1 aromatic heterocycles. The third-order valence-corrected chi connectivity index (χ3v) is 8.48. The Morgan fingerprint density at radius 2 is 1.31 bits per heavy atom. The smallest absolute Gasteiger partial charge is 0.259 e. The minimum Gasteiger partial charge on any atom is -0.466 e. The largest absolute Gasteiger partial charge is 0.466 e. The number of rotatable bonds is 5. The third-order valence-electron chi connectivity index (χ3n) is 5.82. The average molecular weight is 445 g/mol. The molecule has 0 amide bonds. The molecule has 1 aliphatic rings. The van der Waals surface area contributed by atoms with Crippen molar-refractivity contribution in [2.45, 2.75) is 23.8 Å². The van der Waals surface area contributed by atoms with Gasteiger partial charge in [-0.25, -0.2) is 0 Å². The Bertz CT molecular complexity index is 1180. The molecule has 2 heterocycles. The first-order valence-electron chi connectivity index (χ1n) is 10.6. The van der Waals surface area contributed by atoms with Crippen LogP contribution in [0.3, 0.4) is 0 Å². The van der Waals surface area contributed by atoms with Gasteiger partial charge >= 0.3 is 0 Å². The Morgan fingerprint density at radius 3 is 1.88 bits per heavy atom. The number of benzene rings is 3. The lowest BCUT2D eigenvalue weighted by molar-refractivity contribution is 0.0937. The highest BCUT2D eigenvalue weighted by Crippen LogP contribution is 2.73. The van der Waals surface area contributed by atoms with E-state index in [9.17, 15) is 9.67 Å². The third kappa shape index (κ3) is 3.85. The van der Waals surface area contributed by atoms with Crippen molar-refractivity contribution in [3.05, 3.63) is 132 Å². The van der Waals surface area contributed by atoms with Crippen molar-refractivity contribution >= 4 is 7.37 Å². The van der Waals surface area contributed by atoms with E-state index in [2.05, 4.69) is 5.32 Å². The quantitative estimate of drug-likeness (QED) is 0.350. The van der Waals surface area contributed by atoms with E-state index in [1.807, 2.05) is 91.0 Å². The van der Waals surface area contributed by atoms with Crippen LogP contribution in [0.5, 0.6) is 0 Å². The van der Waals surface area contributed by atoms with Gasteiger partial charge in [0.1, 0.15) is 17.6 Å². The van der Waals surface area contributed by atoms with Crippen molar-refractivity contribution < 1.29 is 18.6 Å². The topological polar surface area (TPSA) is 71.7 Å². The zero-order valence-electron chi connectivity index (χ0n) is 17.3. The van der Waals surface area contributed by atoms with Gasteiger partial charge in [-0.2, -0.15) is 0 Å². The van der Waals surface area contributed by atoms with Gasteiger partial charge in [-0.15, -0.1) is 0 Å². The molecule has 0 bridgehead atoms. The molecule has 1 aliphatic heterocycles. The highest BCUT2D eigenvalue weighted by atomic mass is 31.2. The van der Waals surface area contributed by atoms with E-state index in [1.54, 1.807) is 12.1 Å². The summed E-state index contributed by atoms with van der Waals surface area (Å²) in [5, 5.41) is 14.8. The Hall–Kier alpha value is -2.95. The van der Waals surface area contributed by atoms with Gasteiger partial charge in [0.2, 0.25) is 0 Å². The average Bonchev–Trinajstić information content (AvgIpc) is 3.40. The molecular formula is C26H24NO4P. The molecule has 2 N–H and O–H groups in total. The summed E-state index contributed by atoms with van der Waals surface area (Å²) < 4.78 is 26.4. The maximum atomic E-state index is 14.5. The van der Waals surface area contributed by atoms with Gasteiger partial charge in [-0.05, 0) is 28.8 Å². The number of hydrogen-bond donors (Lipinski definition) is 2. The van der Waals surface area contributed by atoms with Crippen LogP contribution in [0.25, 0.3) is 0 Å². The molecule has 4 aromatic rings. The van der Waals surface area contributed by atoms with Crippen LogP contribution in [0, 0.1) is 0 Å². The molecule has 6 heteroatoms. The maximum Gasteiger partial charge on any atom is 0.259 e. The van der Waals surface area contributed by atoms with Gasteiger partial charge in [0.05, 0.1) is 12.3 Å². The van der Waals surface area contributed by atoms with Gasteiger partial charge in [-0.1, -0.05) is 91.0 Å². The number of nitrogens with one attached hydrogen (secondary N) is 1. The van der Waals surface area contributed by atoms with Gasteiger partial charge in [0.15, 0.2) is 5.85 Å². The predicted octanol–water partition coefficient (Wildman–Crippen LogP) is 6.35. The Kier molecular flexibility index (Phi) is 5.81. The van der Waals surface area contributed by atoms with Gasteiger partial charge in [0.25, 0.3) is 7.37 Å². The Balaban J connectivity index is 1.65. The van der Waals surface area contributed by atoms with E-state index in [4.69, 9.17) is 8.94 Å². The summed E-state index contributed by atoms with van der Waals surface area (Å²) in [6.45, 7) is 0. The van der Waals surface area contributed by atoms with Crippen LogP contribution < -0.4 is 5.32 Å². The number of furan rings is 1. The van der Waals surface area contributed by atoms with Crippen molar-refractivity contribution in [1.29, 1.82) is 0 Å². The lowest BCUT2D eigenvalue weighted by Gasteiger charge is -2.44. The summed E-state index contributed by atoms with van der Waals surface area (Å²) in [6, 6.07) is 32.2. The minimum atomic E-state index is -3.75. The maximum absolute atomic E-state index is 14.5. The molecule has 0 unspecified atom stereocenters. The van der Waals surface area contributed by atoms with E-state index >= 15 is 0 Å². The van der Waals surface area contributed by atoms with Crippen LogP contribution in [0.4, 0.5) is 0 Å². The summed E-state index contributed by atoms with van der Waals surface area (Å²) in [5.74, 6) is -1.90. The van der Waals surface area contributed by atoms with E-state index in [-0.39, 0.29) is 11.8 Å². The molecule has 0 saturated carbocycles. The lowest BCUT2D eigenvalue weighted by Crippen LogP contribution is -2.38. The zero-order valence-corrected chi connectivity index (χ0v) is 18.2. The second-order valence-electron chi connectivity index (χ2n) is 7.84. The summed E-state index contributed by atoms with van der Waals surface area (Å²) in [6.07, 6.45) is 0.898. The number of aliphatic hydroxyl groups excluding tert-OH is 1. The van der Waals surface area contributed by atoms with Crippen molar-refractivity contribution in [3.63, 3.8) is 0 Å². The first-order chi connectivity index (χ1) is 15.7. The highest BCUT2D eigenvalue weighted by molar-refractivity contribution is 7.59. The first kappa shape index (κ1) is 20.9. The monoisotopic (exact) mass is 445 g/mol. The van der Waals surface area contributed by atoms with Crippen molar-refractivity contribution in [2.75, 3.05) is 0 Å². The highest BCUT2D eigenvalue weighted by Gasteiger charge is 2.52. The molecule has 5 nitrogen and oxygen atoms in total.